The van der Waals surface area contributed by atoms with Crippen molar-refractivity contribution in [3.05, 3.63) is 53.7 Å². The summed E-state index contributed by atoms with van der Waals surface area (Å²) in [5.74, 6) is 0.241. The van der Waals surface area contributed by atoms with Crippen LogP contribution in [0.5, 0.6) is 0 Å². The topological polar surface area (TPSA) is 39.2 Å². The van der Waals surface area contributed by atoms with Crippen LogP contribution < -0.4 is 0 Å². The van der Waals surface area contributed by atoms with Gasteiger partial charge < -0.3 is 4.74 Å². The fourth-order valence-electron chi connectivity index (χ4n) is 2.25. The summed E-state index contributed by atoms with van der Waals surface area (Å²) in [7, 11) is 0. The van der Waals surface area contributed by atoms with E-state index in [0.717, 1.165) is 16.6 Å². The van der Waals surface area contributed by atoms with Crippen LogP contribution in [-0.2, 0) is 4.74 Å². The highest BCUT2D eigenvalue weighted by Crippen LogP contribution is 2.40. The van der Waals surface area contributed by atoms with E-state index in [0.29, 0.717) is 18.1 Å². The summed E-state index contributed by atoms with van der Waals surface area (Å²) >= 11 is 0. The molecule has 0 radical (unpaired) electrons. The Balaban J connectivity index is 2.00. The highest BCUT2D eigenvalue weighted by atomic mass is 16.5. The summed E-state index contributed by atoms with van der Waals surface area (Å²) in [6, 6.07) is 9.64. The molecule has 1 aromatic carbocycles. The molecular weight excluding hydrogens is 250 g/mol. The van der Waals surface area contributed by atoms with Crippen LogP contribution in [0, 0.1) is 0 Å². The number of esters is 1. The van der Waals surface area contributed by atoms with Gasteiger partial charge in [-0.05, 0) is 31.9 Å². The predicted molar refractivity (Wildman–Crippen MR) is 78.8 cm³/mol. The number of aromatic nitrogens is 1. The minimum atomic E-state index is -0.274. The van der Waals surface area contributed by atoms with E-state index >= 15 is 0 Å². The van der Waals surface area contributed by atoms with Crippen LogP contribution in [0.25, 0.3) is 10.9 Å². The van der Waals surface area contributed by atoms with Crippen molar-refractivity contribution in [2.24, 2.45) is 0 Å². The molecule has 1 saturated carbocycles. The number of benzene rings is 1. The van der Waals surface area contributed by atoms with Crippen molar-refractivity contribution in [3.63, 3.8) is 0 Å². The molecule has 102 valence electrons. The molecule has 0 bridgehead atoms. The monoisotopic (exact) mass is 267 g/mol. The molecule has 3 nitrogen and oxygen atoms in total. The van der Waals surface area contributed by atoms with E-state index < -0.39 is 0 Å². The Morgan fingerprint density at radius 3 is 2.95 bits per heavy atom. The molecule has 2 aromatic rings. The van der Waals surface area contributed by atoms with Crippen LogP contribution in [-0.4, -0.2) is 17.6 Å². The van der Waals surface area contributed by atoms with Gasteiger partial charge in [-0.1, -0.05) is 30.4 Å². The van der Waals surface area contributed by atoms with Crippen LogP contribution in [0.1, 0.15) is 41.7 Å². The second-order valence-corrected chi connectivity index (χ2v) is 5.05. The van der Waals surface area contributed by atoms with Crippen LogP contribution >= 0.6 is 0 Å². The third-order valence-corrected chi connectivity index (χ3v) is 3.50. The third-order valence-electron chi connectivity index (χ3n) is 3.50. The van der Waals surface area contributed by atoms with Crippen molar-refractivity contribution in [3.8, 4) is 0 Å². The minimum absolute atomic E-state index is 0.274. The zero-order valence-electron chi connectivity index (χ0n) is 11.5. The number of allylic oxidation sites excluding steroid dienone is 1. The number of carbonyl (C=O) groups excluding carboxylic acids is 1. The largest absolute Gasteiger partial charge is 0.458 e. The number of hydrogen-bond donors (Lipinski definition) is 0. The molecule has 3 rings (SSSR count). The molecule has 0 saturated heterocycles. The number of ether oxygens (including phenoxy) is 1. The van der Waals surface area contributed by atoms with E-state index in [2.05, 4.69) is 4.98 Å². The highest BCUT2D eigenvalue weighted by molar-refractivity contribution is 6.03. The first kappa shape index (κ1) is 12.9. The Morgan fingerprint density at radius 2 is 2.20 bits per heavy atom. The van der Waals surface area contributed by atoms with Crippen molar-refractivity contribution in [2.45, 2.75) is 25.7 Å². The molecule has 0 atom stereocenters. The normalized spacial score (nSPS) is 14.8. The Hall–Kier alpha value is -2.16. The van der Waals surface area contributed by atoms with Gasteiger partial charge in [0.05, 0.1) is 11.1 Å². The van der Waals surface area contributed by atoms with Gasteiger partial charge in [0, 0.05) is 17.0 Å². The molecule has 1 fully saturated rings. The molecule has 20 heavy (non-hydrogen) atoms. The molecule has 0 aliphatic heterocycles. The number of nitrogens with zero attached hydrogens (tertiary/aromatic N) is 1. The second kappa shape index (κ2) is 5.45. The molecule has 0 N–H and O–H groups in total. The van der Waals surface area contributed by atoms with Crippen molar-refractivity contribution < 1.29 is 9.53 Å². The fourth-order valence-corrected chi connectivity index (χ4v) is 2.25. The maximum Gasteiger partial charge on any atom is 0.339 e. The molecule has 1 aromatic heterocycles. The van der Waals surface area contributed by atoms with E-state index in [9.17, 15) is 4.79 Å². The van der Waals surface area contributed by atoms with Crippen molar-refractivity contribution >= 4 is 16.9 Å². The van der Waals surface area contributed by atoms with Gasteiger partial charge in [-0.3, -0.25) is 4.98 Å². The zero-order valence-corrected chi connectivity index (χ0v) is 11.5. The first-order valence-corrected chi connectivity index (χ1v) is 6.97. The number of carbonyl (C=O) groups is 1. The molecular formula is C17H17NO2. The van der Waals surface area contributed by atoms with Crippen LogP contribution in [0.15, 0.2) is 42.5 Å². The van der Waals surface area contributed by atoms with Crippen molar-refractivity contribution in [1.29, 1.82) is 0 Å². The Morgan fingerprint density at radius 1 is 1.40 bits per heavy atom. The maximum atomic E-state index is 12.2. The Kier molecular flexibility index (Phi) is 3.50. The fraction of sp³-hybridized carbons (Fsp3) is 0.294. The van der Waals surface area contributed by atoms with Gasteiger partial charge in [0.1, 0.15) is 6.61 Å². The zero-order chi connectivity index (χ0) is 13.9. The molecule has 0 unspecified atom stereocenters. The summed E-state index contributed by atoms with van der Waals surface area (Å²) in [6.07, 6.45) is 6.02. The second-order valence-electron chi connectivity index (χ2n) is 5.05. The van der Waals surface area contributed by atoms with E-state index in [1.807, 2.05) is 49.4 Å². The number of pyridine rings is 1. The molecule has 1 aliphatic rings. The molecule has 0 amide bonds. The Bertz CT molecular complexity index is 672. The number of fused-ring (bicyclic) bond motifs is 1. The molecule has 1 heterocycles. The SMILES string of the molecule is C/C=C/COC(=O)c1cc(C2CC2)nc2ccccc12. The summed E-state index contributed by atoms with van der Waals surface area (Å²) in [4.78, 5) is 16.9. The number of rotatable bonds is 4. The van der Waals surface area contributed by atoms with E-state index in [-0.39, 0.29) is 5.97 Å². The van der Waals surface area contributed by atoms with Gasteiger partial charge in [0.25, 0.3) is 0 Å². The van der Waals surface area contributed by atoms with E-state index in [1.165, 1.54) is 12.8 Å². The molecule has 0 spiro atoms. The van der Waals surface area contributed by atoms with E-state index in [4.69, 9.17) is 4.74 Å². The van der Waals surface area contributed by atoms with Gasteiger partial charge in [0.15, 0.2) is 0 Å². The standard InChI is InChI=1S/C17H17NO2/c1-2-3-10-20-17(19)14-11-16(12-8-9-12)18-15-7-5-4-6-13(14)15/h2-7,11-12H,8-10H2,1H3/b3-2+. The number of hydrogen-bond acceptors (Lipinski definition) is 3. The summed E-state index contributed by atoms with van der Waals surface area (Å²) in [6.45, 7) is 2.21. The van der Waals surface area contributed by atoms with Gasteiger partial charge in [-0.15, -0.1) is 0 Å². The van der Waals surface area contributed by atoms with Crippen LogP contribution in [0.3, 0.4) is 0 Å². The van der Waals surface area contributed by atoms with Gasteiger partial charge in [-0.25, -0.2) is 4.79 Å². The van der Waals surface area contributed by atoms with Gasteiger partial charge in [-0.2, -0.15) is 0 Å². The van der Waals surface area contributed by atoms with E-state index in [1.54, 1.807) is 0 Å². The first-order valence-electron chi connectivity index (χ1n) is 6.97. The molecule has 1 aliphatic carbocycles. The Labute approximate surface area is 118 Å². The average Bonchev–Trinajstić information content (AvgIpc) is 3.31. The number of para-hydroxylation sites is 1. The van der Waals surface area contributed by atoms with Crippen molar-refractivity contribution in [2.75, 3.05) is 6.61 Å². The van der Waals surface area contributed by atoms with Crippen molar-refractivity contribution in [1.82, 2.24) is 4.98 Å². The summed E-state index contributed by atoms with van der Waals surface area (Å²) < 4.78 is 5.28. The van der Waals surface area contributed by atoms with Gasteiger partial charge in [0.2, 0.25) is 0 Å². The lowest BCUT2D eigenvalue weighted by molar-refractivity contribution is 0.0551. The summed E-state index contributed by atoms with van der Waals surface area (Å²) in [5, 5.41) is 0.863. The highest BCUT2D eigenvalue weighted by Gasteiger charge is 2.27. The lowest BCUT2D eigenvalue weighted by Gasteiger charge is -2.08. The van der Waals surface area contributed by atoms with Crippen LogP contribution in [0.4, 0.5) is 0 Å². The van der Waals surface area contributed by atoms with Gasteiger partial charge >= 0.3 is 5.97 Å². The first-order chi connectivity index (χ1) is 9.79. The molecule has 3 heteroatoms. The average molecular weight is 267 g/mol. The maximum absolute atomic E-state index is 12.2. The minimum Gasteiger partial charge on any atom is -0.458 e. The quantitative estimate of drug-likeness (QED) is 0.624. The summed E-state index contributed by atoms with van der Waals surface area (Å²) in [5.41, 5.74) is 2.51. The lowest BCUT2D eigenvalue weighted by Crippen LogP contribution is -2.07. The van der Waals surface area contributed by atoms with Crippen LogP contribution in [0.2, 0.25) is 0 Å². The smallest absolute Gasteiger partial charge is 0.339 e. The lowest BCUT2D eigenvalue weighted by atomic mass is 10.1. The third kappa shape index (κ3) is 2.57. The predicted octanol–water partition coefficient (Wildman–Crippen LogP) is 3.85.